The van der Waals surface area contributed by atoms with E-state index in [0.717, 1.165) is 24.1 Å². The zero-order valence-electron chi connectivity index (χ0n) is 10.7. The molecule has 1 unspecified atom stereocenters. The van der Waals surface area contributed by atoms with E-state index in [0.29, 0.717) is 6.04 Å². The summed E-state index contributed by atoms with van der Waals surface area (Å²) >= 11 is 0. The Balaban J connectivity index is 2.69. The molecule has 1 rings (SSSR count). The van der Waals surface area contributed by atoms with Gasteiger partial charge in [-0.1, -0.05) is 13.8 Å². The van der Waals surface area contributed by atoms with Gasteiger partial charge in [0.2, 0.25) is 0 Å². The number of nitrogens with one attached hydrogen (secondary N) is 1. The number of rotatable bonds is 5. The zero-order chi connectivity index (χ0) is 12.2. The molecule has 0 spiro atoms. The lowest BCUT2D eigenvalue weighted by atomic mass is 9.80. The molecule has 0 radical (unpaired) electrons. The van der Waals surface area contributed by atoms with E-state index in [1.54, 1.807) is 6.20 Å². The number of aromatic nitrogens is 1. The molecule has 0 saturated heterocycles. The van der Waals surface area contributed by atoms with Crippen molar-refractivity contribution in [2.75, 3.05) is 12.8 Å². The molecule has 1 aromatic rings. The van der Waals surface area contributed by atoms with Crippen LogP contribution in [-0.2, 0) is 6.42 Å². The average Bonchev–Trinajstić information content (AvgIpc) is 2.20. The third-order valence-corrected chi connectivity index (χ3v) is 2.96. The minimum atomic E-state index is 0.236. The van der Waals surface area contributed by atoms with Crippen molar-refractivity contribution in [1.29, 1.82) is 0 Å². The molecular formula is C13H23N3. The van der Waals surface area contributed by atoms with Gasteiger partial charge in [-0.2, -0.15) is 0 Å². The normalized spacial score (nSPS) is 13.8. The van der Waals surface area contributed by atoms with Crippen LogP contribution in [0.25, 0.3) is 0 Å². The van der Waals surface area contributed by atoms with E-state index in [1.807, 2.05) is 19.3 Å². The Morgan fingerprint density at radius 3 is 2.75 bits per heavy atom. The molecule has 0 amide bonds. The zero-order valence-corrected chi connectivity index (χ0v) is 10.7. The Bertz CT molecular complexity index is 334. The first-order valence-electron chi connectivity index (χ1n) is 5.80. The highest BCUT2D eigenvalue weighted by molar-refractivity contribution is 5.44. The Kier molecular flexibility index (Phi) is 4.30. The lowest BCUT2D eigenvalue weighted by Gasteiger charge is -2.28. The van der Waals surface area contributed by atoms with Gasteiger partial charge in [-0.25, -0.2) is 0 Å². The number of hydrogen-bond acceptors (Lipinski definition) is 3. The number of anilines is 1. The molecule has 0 aromatic carbocycles. The average molecular weight is 221 g/mol. The van der Waals surface area contributed by atoms with Crippen molar-refractivity contribution >= 4 is 5.69 Å². The largest absolute Gasteiger partial charge is 0.398 e. The second-order valence-electron chi connectivity index (χ2n) is 5.31. The topological polar surface area (TPSA) is 50.9 Å². The predicted octanol–water partition coefficient (Wildman–Crippen LogP) is 2.23. The van der Waals surface area contributed by atoms with Crippen molar-refractivity contribution in [2.24, 2.45) is 5.41 Å². The number of pyridine rings is 1. The highest BCUT2D eigenvalue weighted by Gasteiger charge is 2.22. The van der Waals surface area contributed by atoms with Crippen molar-refractivity contribution < 1.29 is 0 Å². The molecule has 0 aliphatic heterocycles. The number of nitrogen functional groups attached to an aromatic ring is 1. The second-order valence-corrected chi connectivity index (χ2v) is 5.31. The van der Waals surface area contributed by atoms with Crippen molar-refractivity contribution in [1.82, 2.24) is 10.3 Å². The van der Waals surface area contributed by atoms with Crippen LogP contribution in [0.4, 0.5) is 5.69 Å². The van der Waals surface area contributed by atoms with Crippen molar-refractivity contribution in [3.8, 4) is 0 Å². The quantitative estimate of drug-likeness (QED) is 0.801. The Hall–Kier alpha value is -1.09. The van der Waals surface area contributed by atoms with Crippen LogP contribution in [0.15, 0.2) is 18.5 Å². The second kappa shape index (κ2) is 5.30. The molecule has 0 fully saturated rings. The summed E-state index contributed by atoms with van der Waals surface area (Å²) in [6, 6.07) is 2.39. The summed E-state index contributed by atoms with van der Waals surface area (Å²) in [5, 5.41) is 3.27. The van der Waals surface area contributed by atoms with Gasteiger partial charge in [-0.15, -0.1) is 0 Å². The summed E-state index contributed by atoms with van der Waals surface area (Å²) in [7, 11) is 2.00. The number of nitrogens with zero attached hydrogens (tertiary/aromatic N) is 1. The van der Waals surface area contributed by atoms with Crippen LogP contribution >= 0.6 is 0 Å². The molecule has 3 nitrogen and oxygen atoms in total. The molecule has 0 saturated carbocycles. The first-order valence-corrected chi connectivity index (χ1v) is 5.80. The van der Waals surface area contributed by atoms with Crippen LogP contribution in [0.2, 0.25) is 0 Å². The van der Waals surface area contributed by atoms with Crippen LogP contribution in [0.3, 0.4) is 0 Å². The van der Waals surface area contributed by atoms with Crippen LogP contribution in [0.5, 0.6) is 0 Å². The van der Waals surface area contributed by atoms with Crippen LogP contribution < -0.4 is 11.1 Å². The fourth-order valence-electron chi connectivity index (χ4n) is 2.10. The van der Waals surface area contributed by atoms with Gasteiger partial charge in [-0.3, -0.25) is 4.98 Å². The fraction of sp³-hybridized carbons (Fsp3) is 0.615. The molecule has 0 aliphatic rings. The SMILES string of the molecule is CNC(C)CC(C)(C)Cc1cnccc1N. The summed E-state index contributed by atoms with van der Waals surface area (Å²) < 4.78 is 0. The molecule has 1 heterocycles. The monoisotopic (exact) mass is 221 g/mol. The maximum Gasteiger partial charge on any atom is 0.0377 e. The van der Waals surface area contributed by atoms with E-state index >= 15 is 0 Å². The maximum atomic E-state index is 5.94. The minimum absolute atomic E-state index is 0.236. The summed E-state index contributed by atoms with van der Waals surface area (Å²) in [6.45, 7) is 6.74. The van der Waals surface area contributed by atoms with Gasteiger partial charge < -0.3 is 11.1 Å². The summed E-state index contributed by atoms with van der Waals surface area (Å²) in [4.78, 5) is 4.13. The van der Waals surface area contributed by atoms with Crippen molar-refractivity contribution in [3.63, 3.8) is 0 Å². The van der Waals surface area contributed by atoms with E-state index in [-0.39, 0.29) is 5.41 Å². The highest BCUT2D eigenvalue weighted by Crippen LogP contribution is 2.29. The van der Waals surface area contributed by atoms with Gasteiger partial charge in [0.05, 0.1) is 0 Å². The Labute approximate surface area is 98.5 Å². The van der Waals surface area contributed by atoms with Gasteiger partial charge >= 0.3 is 0 Å². The molecule has 90 valence electrons. The summed E-state index contributed by atoms with van der Waals surface area (Å²) in [5.41, 5.74) is 8.17. The van der Waals surface area contributed by atoms with Gasteiger partial charge in [0, 0.05) is 24.1 Å². The predicted molar refractivity (Wildman–Crippen MR) is 69.3 cm³/mol. The Morgan fingerprint density at radius 2 is 2.19 bits per heavy atom. The smallest absolute Gasteiger partial charge is 0.0377 e. The van der Waals surface area contributed by atoms with E-state index in [2.05, 4.69) is 31.1 Å². The molecule has 1 aromatic heterocycles. The maximum absolute atomic E-state index is 5.94. The molecule has 3 N–H and O–H groups in total. The summed E-state index contributed by atoms with van der Waals surface area (Å²) in [5.74, 6) is 0. The van der Waals surface area contributed by atoms with Crippen LogP contribution in [0, 0.1) is 5.41 Å². The van der Waals surface area contributed by atoms with Crippen molar-refractivity contribution in [3.05, 3.63) is 24.0 Å². The molecule has 0 bridgehead atoms. The lowest BCUT2D eigenvalue weighted by Crippen LogP contribution is -2.29. The van der Waals surface area contributed by atoms with Gasteiger partial charge in [0.15, 0.2) is 0 Å². The van der Waals surface area contributed by atoms with E-state index < -0.39 is 0 Å². The van der Waals surface area contributed by atoms with Crippen molar-refractivity contribution in [2.45, 2.75) is 39.7 Å². The molecule has 16 heavy (non-hydrogen) atoms. The number of nitrogens with two attached hydrogens (primary N) is 1. The highest BCUT2D eigenvalue weighted by atomic mass is 14.9. The number of hydrogen-bond donors (Lipinski definition) is 2. The van der Waals surface area contributed by atoms with Gasteiger partial charge in [-0.05, 0) is 43.9 Å². The third-order valence-electron chi connectivity index (χ3n) is 2.96. The van der Waals surface area contributed by atoms with Gasteiger partial charge in [0.1, 0.15) is 0 Å². The molecule has 3 heteroatoms. The van der Waals surface area contributed by atoms with E-state index in [1.165, 1.54) is 0 Å². The first-order chi connectivity index (χ1) is 7.44. The van der Waals surface area contributed by atoms with E-state index in [9.17, 15) is 0 Å². The Morgan fingerprint density at radius 1 is 1.50 bits per heavy atom. The standard InChI is InChI=1S/C13H23N3/c1-10(15-4)7-13(2,3)8-11-9-16-6-5-12(11)14/h5-6,9-10,15H,7-8H2,1-4H3,(H2,14,16). The van der Waals surface area contributed by atoms with Crippen LogP contribution in [-0.4, -0.2) is 18.1 Å². The first kappa shape index (κ1) is 13.0. The van der Waals surface area contributed by atoms with Gasteiger partial charge in [0.25, 0.3) is 0 Å². The molecule has 0 aliphatic carbocycles. The molecule has 1 atom stereocenters. The third kappa shape index (κ3) is 3.81. The summed E-state index contributed by atoms with van der Waals surface area (Å²) in [6.07, 6.45) is 5.71. The fourth-order valence-corrected chi connectivity index (χ4v) is 2.10. The van der Waals surface area contributed by atoms with Crippen LogP contribution in [0.1, 0.15) is 32.8 Å². The molecular weight excluding hydrogens is 198 g/mol. The minimum Gasteiger partial charge on any atom is -0.398 e. The lowest BCUT2D eigenvalue weighted by molar-refractivity contribution is 0.293. The van der Waals surface area contributed by atoms with E-state index in [4.69, 9.17) is 5.73 Å².